The van der Waals surface area contributed by atoms with Crippen LogP contribution in [0.4, 0.5) is 4.79 Å². The molecule has 3 rings (SSSR count). The highest BCUT2D eigenvalue weighted by Crippen LogP contribution is 2.34. The van der Waals surface area contributed by atoms with Gasteiger partial charge in [0.25, 0.3) is 0 Å². The predicted molar refractivity (Wildman–Crippen MR) is 92.3 cm³/mol. The summed E-state index contributed by atoms with van der Waals surface area (Å²) in [5.74, 6) is 0.464. The van der Waals surface area contributed by atoms with Crippen molar-refractivity contribution in [3.8, 4) is 0 Å². The first kappa shape index (κ1) is 16.5. The molecule has 0 aliphatic heterocycles. The fraction of sp³-hybridized carbons (Fsp3) is 0.500. The van der Waals surface area contributed by atoms with Crippen LogP contribution in [0.2, 0.25) is 0 Å². The van der Waals surface area contributed by atoms with Crippen LogP contribution < -0.4 is 10.6 Å². The summed E-state index contributed by atoms with van der Waals surface area (Å²) in [5.41, 5.74) is 3.03. The molecule has 6 nitrogen and oxygen atoms in total. The summed E-state index contributed by atoms with van der Waals surface area (Å²) in [7, 11) is 1.90. The molecule has 1 aliphatic carbocycles. The quantitative estimate of drug-likeness (QED) is 0.887. The van der Waals surface area contributed by atoms with Crippen molar-refractivity contribution >= 4 is 6.03 Å². The van der Waals surface area contributed by atoms with Crippen molar-refractivity contribution in [2.45, 2.75) is 45.2 Å². The Kier molecular flexibility index (Phi) is 5.13. The number of nitrogens with one attached hydrogen (secondary N) is 2. The van der Waals surface area contributed by atoms with Gasteiger partial charge in [0, 0.05) is 31.0 Å². The lowest BCUT2D eigenvalue weighted by atomic mass is 9.95. The number of nitrogens with zero attached hydrogens (tertiary/aromatic N) is 3. The number of hydrogen-bond donors (Lipinski definition) is 2. The zero-order chi connectivity index (χ0) is 16.9. The standard InChI is InChI=1S/C18H25N5O/c1-13-15(12-21-23(13)2)11-20-18(24)22-17(14-7-3-4-8-14)16-9-5-6-10-19-16/h5-6,9-10,12,14,17H,3-4,7-8,11H2,1-2H3,(H2,20,22,24). The van der Waals surface area contributed by atoms with Gasteiger partial charge in [0.1, 0.15) is 0 Å². The van der Waals surface area contributed by atoms with E-state index in [4.69, 9.17) is 0 Å². The molecule has 2 aromatic rings. The largest absolute Gasteiger partial charge is 0.334 e. The second-order valence-corrected chi connectivity index (χ2v) is 6.48. The Morgan fingerprint density at radius 2 is 2.17 bits per heavy atom. The number of hydrogen-bond acceptors (Lipinski definition) is 3. The minimum Gasteiger partial charge on any atom is -0.334 e. The second kappa shape index (κ2) is 7.47. The minimum atomic E-state index is -0.152. The van der Waals surface area contributed by atoms with Crippen LogP contribution in [0.15, 0.2) is 30.6 Å². The summed E-state index contributed by atoms with van der Waals surface area (Å²) in [6.07, 6.45) is 8.32. The van der Waals surface area contributed by atoms with Gasteiger partial charge in [-0.25, -0.2) is 4.79 Å². The first-order valence-electron chi connectivity index (χ1n) is 8.58. The van der Waals surface area contributed by atoms with Crippen molar-refractivity contribution in [1.82, 2.24) is 25.4 Å². The van der Waals surface area contributed by atoms with E-state index in [9.17, 15) is 4.79 Å². The van der Waals surface area contributed by atoms with Crippen LogP contribution in [0, 0.1) is 12.8 Å². The molecule has 0 bridgehead atoms. The molecular weight excluding hydrogens is 302 g/mol. The number of carbonyl (C=O) groups excluding carboxylic acids is 1. The Balaban J connectivity index is 1.63. The fourth-order valence-corrected chi connectivity index (χ4v) is 3.37. The first-order chi connectivity index (χ1) is 11.6. The molecule has 1 saturated carbocycles. The van der Waals surface area contributed by atoms with Gasteiger partial charge in [-0.3, -0.25) is 9.67 Å². The van der Waals surface area contributed by atoms with E-state index in [0.717, 1.165) is 29.8 Å². The maximum Gasteiger partial charge on any atom is 0.315 e. The van der Waals surface area contributed by atoms with Crippen LogP contribution in [0.3, 0.4) is 0 Å². The van der Waals surface area contributed by atoms with Gasteiger partial charge in [-0.1, -0.05) is 18.9 Å². The Labute approximate surface area is 142 Å². The molecule has 0 aromatic carbocycles. The SMILES string of the molecule is Cc1c(CNC(=O)NC(c2ccccn2)C2CCCC2)cnn1C. The number of urea groups is 1. The minimum absolute atomic E-state index is 0.0244. The molecule has 2 heterocycles. The van der Waals surface area contributed by atoms with E-state index in [1.165, 1.54) is 12.8 Å². The molecule has 0 spiro atoms. The maximum atomic E-state index is 12.4. The summed E-state index contributed by atoms with van der Waals surface area (Å²) in [6.45, 7) is 2.47. The van der Waals surface area contributed by atoms with E-state index in [1.807, 2.05) is 36.9 Å². The summed E-state index contributed by atoms with van der Waals surface area (Å²) < 4.78 is 1.81. The molecule has 1 unspecified atom stereocenters. The van der Waals surface area contributed by atoms with E-state index in [2.05, 4.69) is 20.7 Å². The average Bonchev–Trinajstić information content (AvgIpc) is 3.23. The van der Waals surface area contributed by atoms with E-state index in [-0.39, 0.29) is 12.1 Å². The van der Waals surface area contributed by atoms with Crippen molar-refractivity contribution in [2.24, 2.45) is 13.0 Å². The maximum absolute atomic E-state index is 12.4. The smallest absolute Gasteiger partial charge is 0.315 e. The van der Waals surface area contributed by atoms with E-state index in [1.54, 1.807) is 12.4 Å². The van der Waals surface area contributed by atoms with E-state index < -0.39 is 0 Å². The van der Waals surface area contributed by atoms with Gasteiger partial charge in [0.2, 0.25) is 0 Å². The van der Waals surface area contributed by atoms with Gasteiger partial charge >= 0.3 is 6.03 Å². The number of aromatic nitrogens is 3. The summed E-state index contributed by atoms with van der Waals surface area (Å²) in [6, 6.07) is 5.70. The molecule has 0 radical (unpaired) electrons. The van der Waals surface area contributed by atoms with Crippen LogP contribution in [0.5, 0.6) is 0 Å². The van der Waals surface area contributed by atoms with Gasteiger partial charge in [-0.2, -0.15) is 5.10 Å². The molecule has 2 N–H and O–H groups in total. The third kappa shape index (κ3) is 3.75. The fourth-order valence-electron chi connectivity index (χ4n) is 3.37. The molecule has 2 amide bonds. The first-order valence-corrected chi connectivity index (χ1v) is 8.58. The Morgan fingerprint density at radius 3 is 2.79 bits per heavy atom. The van der Waals surface area contributed by atoms with E-state index >= 15 is 0 Å². The average molecular weight is 327 g/mol. The summed E-state index contributed by atoms with van der Waals surface area (Å²) >= 11 is 0. The topological polar surface area (TPSA) is 71.8 Å². The highest BCUT2D eigenvalue weighted by molar-refractivity contribution is 5.74. The molecular formula is C18H25N5O. The lowest BCUT2D eigenvalue weighted by Crippen LogP contribution is -2.40. The number of rotatable bonds is 5. The van der Waals surface area contributed by atoms with Gasteiger partial charge in [-0.05, 0) is 37.8 Å². The molecule has 1 aliphatic rings. The number of amides is 2. The van der Waals surface area contributed by atoms with Crippen molar-refractivity contribution in [1.29, 1.82) is 0 Å². The molecule has 6 heteroatoms. The van der Waals surface area contributed by atoms with Crippen molar-refractivity contribution in [2.75, 3.05) is 0 Å². The number of pyridine rings is 1. The lowest BCUT2D eigenvalue weighted by molar-refractivity contribution is 0.230. The van der Waals surface area contributed by atoms with Gasteiger partial charge in [0.15, 0.2) is 0 Å². The molecule has 1 atom stereocenters. The van der Waals surface area contributed by atoms with Crippen molar-refractivity contribution in [3.05, 3.63) is 47.5 Å². The van der Waals surface area contributed by atoms with Gasteiger partial charge in [0.05, 0.1) is 17.9 Å². The molecule has 24 heavy (non-hydrogen) atoms. The monoisotopic (exact) mass is 327 g/mol. The van der Waals surface area contributed by atoms with E-state index in [0.29, 0.717) is 12.5 Å². The van der Waals surface area contributed by atoms with Crippen LogP contribution in [0.1, 0.15) is 48.7 Å². The number of carbonyl (C=O) groups is 1. The summed E-state index contributed by atoms with van der Waals surface area (Å²) in [4.78, 5) is 16.9. The number of aryl methyl sites for hydroxylation is 1. The normalized spacial score (nSPS) is 16.1. The van der Waals surface area contributed by atoms with Crippen LogP contribution in [0.25, 0.3) is 0 Å². The van der Waals surface area contributed by atoms with Crippen LogP contribution in [-0.2, 0) is 13.6 Å². The van der Waals surface area contributed by atoms with Gasteiger partial charge < -0.3 is 10.6 Å². The Bertz CT molecular complexity index is 676. The van der Waals surface area contributed by atoms with Crippen LogP contribution in [-0.4, -0.2) is 20.8 Å². The van der Waals surface area contributed by atoms with Crippen LogP contribution >= 0.6 is 0 Å². The summed E-state index contributed by atoms with van der Waals surface area (Å²) in [5, 5.41) is 10.3. The zero-order valence-electron chi connectivity index (χ0n) is 14.3. The Hall–Kier alpha value is -2.37. The second-order valence-electron chi connectivity index (χ2n) is 6.48. The predicted octanol–water partition coefficient (Wildman–Crippen LogP) is 2.85. The Morgan fingerprint density at radius 1 is 1.38 bits per heavy atom. The van der Waals surface area contributed by atoms with Crippen molar-refractivity contribution in [3.63, 3.8) is 0 Å². The van der Waals surface area contributed by atoms with Gasteiger partial charge in [-0.15, -0.1) is 0 Å². The molecule has 2 aromatic heterocycles. The molecule has 128 valence electrons. The zero-order valence-corrected chi connectivity index (χ0v) is 14.3. The third-order valence-electron chi connectivity index (χ3n) is 4.94. The third-order valence-corrected chi connectivity index (χ3v) is 4.94. The lowest BCUT2D eigenvalue weighted by Gasteiger charge is -2.24. The molecule has 1 fully saturated rings. The van der Waals surface area contributed by atoms with Crippen molar-refractivity contribution < 1.29 is 4.79 Å². The highest BCUT2D eigenvalue weighted by Gasteiger charge is 2.28. The molecule has 0 saturated heterocycles. The highest BCUT2D eigenvalue weighted by atomic mass is 16.2.